The molecule has 1 aliphatic heterocycles. The van der Waals surface area contributed by atoms with Gasteiger partial charge in [-0.3, -0.25) is 14.4 Å². The van der Waals surface area contributed by atoms with Crippen LogP contribution in [0.3, 0.4) is 0 Å². The van der Waals surface area contributed by atoms with Crippen molar-refractivity contribution in [3.8, 4) is 10.4 Å². The SMILES string of the molecule is Cc1ncsc1-c1ccc(CNC(=O)[C@@H]2C[C@@H](O)CN2C(=O)[C@@H](NC(=O)CCCCCCCN(CCOCCN)C(=O)OC(C)(C)C)C(C)(C)C)cc1. The third-order valence-corrected chi connectivity index (χ3v) is 9.94. The predicted molar refractivity (Wildman–Crippen MR) is 207 cm³/mol. The molecule has 14 heteroatoms. The maximum Gasteiger partial charge on any atom is 0.410 e. The summed E-state index contributed by atoms with van der Waals surface area (Å²) in [6.07, 6.45) is 3.21. The summed E-state index contributed by atoms with van der Waals surface area (Å²) in [5.74, 6) is -0.954. The summed E-state index contributed by atoms with van der Waals surface area (Å²) in [5.41, 5.74) is 9.03. The summed E-state index contributed by atoms with van der Waals surface area (Å²) in [6.45, 7) is 15.6. The van der Waals surface area contributed by atoms with Crippen molar-refractivity contribution in [1.82, 2.24) is 25.4 Å². The maximum atomic E-state index is 13.9. The van der Waals surface area contributed by atoms with E-state index in [4.69, 9.17) is 15.2 Å². The number of benzene rings is 1. The summed E-state index contributed by atoms with van der Waals surface area (Å²) in [7, 11) is 0. The second-order valence-corrected chi connectivity index (χ2v) is 16.7. The Labute approximate surface area is 319 Å². The second kappa shape index (κ2) is 20.8. The first-order chi connectivity index (χ1) is 25.0. The molecule has 0 spiro atoms. The lowest BCUT2D eigenvalue weighted by molar-refractivity contribution is -0.144. The Balaban J connectivity index is 1.46. The fraction of sp³-hybridized carbons (Fsp3) is 0.667. The molecule has 1 aliphatic rings. The van der Waals surface area contributed by atoms with E-state index in [1.165, 1.54) is 4.90 Å². The number of carbonyl (C=O) groups excluding carboxylic acids is 4. The van der Waals surface area contributed by atoms with E-state index in [9.17, 15) is 24.3 Å². The molecule has 4 amide bonds. The highest BCUT2D eigenvalue weighted by atomic mass is 32.1. The Morgan fingerprint density at radius 1 is 1.02 bits per heavy atom. The van der Waals surface area contributed by atoms with Crippen molar-refractivity contribution in [2.45, 2.75) is 124 Å². The van der Waals surface area contributed by atoms with Crippen LogP contribution in [0.1, 0.15) is 97.7 Å². The van der Waals surface area contributed by atoms with Crippen LogP contribution >= 0.6 is 11.3 Å². The third-order valence-electron chi connectivity index (χ3n) is 8.96. The van der Waals surface area contributed by atoms with Crippen molar-refractivity contribution >= 4 is 35.2 Å². The zero-order chi connectivity index (χ0) is 39.2. The molecule has 3 atom stereocenters. The Kier molecular flexibility index (Phi) is 17.2. The lowest BCUT2D eigenvalue weighted by Crippen LogP contribution is -2.57. The smallest absolute Gasteiger partial charge is 0.410 e. The molecule has 0 aliphatic carbocycles. The van der Waals surface area contributed by atoms with Crippen LogP contribution in [-0.4, -0.2) is 107 Å². The summed E-state index contributed by atoms with van der Waals surface area (Å²) in [4.78, 5) is 61.6. The number of carbonyl (C=O) groups is 4. The lowest BCUT2D eigenvalue weighted by atomic mass is 9.85. The number of amides is 4. The van der Waals surface area contributed by atoms with Gasteiger partial charge in [0, 0.05) is 45.6 Å². The van der Waals surface area contributed by atoms with Gasteiger partial charge in [-0.15, -0.1) is 11.3 Å². The van der Waals surface area contributed by atoms with Crippen LogP contribution in [0.4, 0.5) is 4.79 Å². The van der Waals surface area contributed by atoms with Crippen LogP contribution in [0.25, 0.3) is 10.4 Å². The van der Waals surface area contributed by atoms with Crippen molar-refractivity contribution in [2.75, 3.05) is 39.4 Å². The number of aryl methyl sites for hydroxylation is 1. The minimum absolute atomic E-state index is 0.0222. The Morgan fingerprint density at radius 3 is 2.32 bits per heavy atom. The first-order valence-corrected chi connectivity index (χ1v) is 19.7. The first kappa shape index (κ1) is 43.8. The predicted octanol–water partition coefficient (Wildman–Crippen LogP) is 4.78. The molecule has 1 fully saturated rings. The number of ether oxygens (including phenoxy) is 2. The number of nitrogens with zero attached hydrogens (tertiary/aromatic N) is 3. The number of unbranched alkanes of at least 4 members (excludes halogenated alkanes) is 4. The quantitative estimate of drug-likeness (QED) is 0.147. The molecule has 13 nitrogen and oxygen atoms in total. The molecule has 1 aromatic carbocycles. The van der Waals surface area contributed by atoms with Crippen molar-refractivity contribution < 1.29 is 33.8 Å². The van der Waals surface area contributed by atoms with E-state index >= 15 is 0 Å². The van der Waals surface area contributed by atoms with Gasteiger partial charge in [0.05, 0.1) is 35.4 Å². The van der Waals surface area contributed by atoms with Crippen LogP contribution < -0.4 is 16.4 Å². The fourth-order valence-corrected chi connectivity index (χ4v) is 6.92. The number of thiazole rings is 1. The maximum absolute atomic E-state index is 13.9. The number of β-amino-alcohol motifs (C(OH)–C–C–N with tert-alkyl or cyclic N) is 1. The molecule has 0 unspecified atom stereocenters. The van der Waals surface area contributed by atoms with E-state index in [-0.39, 0.29) is 49.7 Å². The standard InChI is InChI=1S/C39H62N6O7S/c1-27-33(53-26-42-27)29-16-14-28(15-17-29)24-41-35(48)31-23-30(46)25-45(31)36(49)34(38(2,3)4)43-32(47)13-11-9-8-10-12-19-44(20-22-51-21-18-40)37(50)52-39(5,6)7/h14-17,26,30-31,34,46H,8-13,18-25,40H2,1-7H3,(H,41,48)(H,43,47)/t30-,31+,34-/m1/s1. The highest BCUT2D eigenvalue weighted by molar-refractivity contribution is 7.13. The van der Waals surface area contributed by atoms with Gasteiger partial charge in [-0.05, 0) is 57.1 Å². The highest BCUT2D eigenvalue weighted by Gasteiger charge is 2.44. The van der Waals surface area contributed by atoms with Gasteiger partial charge in [0.1, 0.15) is 17.7 Å². The second-order valence-electron chi connectivity index (χ2n) is 15.8. The van der Waals surface area contributed by atoms with Crippen molar-refractivity contribution in [3.05, 3.63) is 41.0 Å². The van der Waals surface area contributed by atoms with Crippen LogP contribution in [0.15, 0.2) is 29.8 Å². The number of aliphatic hydroxyl groups is 1. The molecular formula is C39H62N6O7S. The van der Waals surface area contributed by atoms with Crippen LogP contribution in [0.2, 0.25) is 0 Å². The molecule has 0 radical (unpaired) electrons. The van der Waals surface area contributed by atoms with E-state index in [0.717, 1.165) is 47.4 Å². The number of hydrogen-bond donors (Lipinski definition) is 4. The van der Waals surface area contributed by atoms with E-state index < -0.39 is 29.2 Å². The fourth-order valence-electron chi connectivity index (χ4n) is 6.11. The van der Waals surface area contributed by atoms with Crippen LogP contribution in [-0.2, 0) is 30.4 Å². The van der Waals surface area contributed by atoms with Gasteiger partial charge in [0.2, 0.25) is 17.7 Å². The third kappa shape index (κ3) is 14.6. The number of rotatable bonds is 19. The topological polar surface area (TPSA) is 176 Å². The molecule has 2 aromatic rings. The average Bonchev–Trinajstić information content (AvgIpc) is 3.70. The Morgan fingerprint density at radius 2 is 1.70 bits per heavy atom. The molecule has 1 aromatic heterocycles. The van der Waals surface area contributed by atoms with Gasteiger partial charge in [0.25, 0.3) is 0 Å². The average molecular weight is 759 g/mol. The molecule has 0 bridgehead atoms. The first-order valence-electron chi connectivity index (χ1n) is 18.8. The van der Waals surface area contributed by atoms with Gasteiger partial charge >= 0.3 is 6.09 Å². The molecule has 1 saturated heterocycles. The zero-order valence-electron chi connectivity index (χ0n) is 32.7. The molecule has 2 heterocycles. The molecule has 5 N–H and O–H groups in total. The van der Waals surface area contributed by atoms with E-state index in [1.54, 1.807) is 16.2 Å². The van der Waals surface area contributed by atoms with Crippen molar-refractivity contribution in [2.24, 2.45) is 11.1 Å². The molecule has 3 rings (SSSR count). The number of nitrogens with one attached hydrogen (secondary N) is 2. The van der Waals surface area contributed by atoms with Crippen LogP contribution in [0.5, 0.6) is 0 Å². The summed E-state index contributed by atoms with van der Waals surface area (Å²) >= 11 is 1.58. The van der Waals surface area contributed by atoms with Crippen molar-refractivity contribution in [1.29, 1.82) is 0 Å². The van der Waals surface area contributed by atoms with Crippen molar-refractivity contribution in [3.63, 3.8) is 0 Å². The number of aliphatic hydroxyl groups excluding tert-OH is 1. The minimum Gasteiger partial charge on any atom is -0.444 e. The van der Waals surface area contributed by atoms with E-state index in [0.29, 0.717) is 39.3 Å². The summed E-state index contributed by atoms with van der Waals surface area (Å²) in [5, 5.41) is 16.4. The largest absolute Gasteiger partial charge is 0.444 e. The highest BCUT2D eigenvalue weighted by Crippen LogP contribution is 2.28. The number of nitrogens with two attached hydrogens (primary N) is 1. The summed E-state index contributed by atoms with van der Waals surface area (Å²) < 4.78 is 11.0. The number of hydrogen-bond acceptors (Lipinski definition) is 10. The van der Waals surface area contributed by atoms with Gasteiger partial charge in [-0.25, -0.2) is 9.78 Å². The Hall–Kier alpha value is -3.59. The minimum atomic E-state index is -0.869. The molecule has 296 valence electrons. The van der Waals surface area contributed by atoms with Gasteiger partial charge in [-0.2, -0.15) is 0 Å². The molecule has 0 saturated carbocycles. The molecule has 53 heavy (non-hydrogen) atoms. The van der Waals surface area contributed by atoms with Gasteiger partial charge < -0.3 is 40.7 Å². The summed E-state index contributed by atoms with van der Waals surface area (Å²) in [6, 6.07) is 6.19. The monoisotopic (exact) mass is 758 g/mol. The zero-order valence-corrected chi connectivity index (χ0v) is 33.6. The molecular weight excluding hydrogens is 697 g/mol. The number of likely N-dealkylation sites (tertiary alicyclic amines) is 1. The normalized spacial score (nSPS) is 16.7. The Bertz CT molecular complexity index is 1470. The van der Waals surface area contributed by atoms with Gasteiger partial charge in [0.15, 0.2) is 0 Å². The van der Waals surface area contributed by atoms with E-state index in [1.807, 2.05) is 78.2 Å². The number of aromatic nitrogens is 1. The van der Waals surface area contributed by atoms with Crippen LogP contribution in [0, 0.1) is 12.3 Å². The van der Waals surface area contributed by atoms with E-state index in [2.05, 4.69) is 15.6 Å². The lowest BCUT2D eigenvalue weighted by Gasteiger charge is -2.35. The van der Waals surface area contributed by atoms with Gasteiger partial charge in [-0.1, -0.05) is 64.3 Å².